The second kappa shape index (κ2) is 6.36. The predicted octanol–water partition coefficient (Wildman–Crippen LogP) is -1.34. The maximum atomic E-state index is 8.89. The van der Waals surface area contributed by atoms with Gasteiger partial charge in [-0.3, -0.25) is 9.89 Å². The highest BCUT2D eigenvalue weighted by Gasteiger charge is 2.23. The molecule has 2 saturated heterocycles. The zero-order valence-corrected chi connectivity index (χ0v) is 11.2. The van der Waals surface area contributed by atoms with Gasteiger partial charge in [0.05, 0.1) is 12.6 Å². The molecule has 0 radical (unpaired) electrons. The molecular formula is C12H25N5O. The fourth-order valence-corrected chi connectivity index (χ4v) is 2.36. The fraction of sp³-hybridized carbons (Fsp3) is 0.917. The quantitative estimate of drug-likeness (QED) is 0.322. The van der Waals surface area contributed by atoms with E-state index in [1.54, 1.807) is 0 Å². The third-order valence-corrected chi connectivity index (χ3v) is 3.58. The number of piperazine rings is 1. The summed E-state index contributed by atoms with van der Waals surface area (Å²) in [5.41, 5.74) is 6.05. The molecule has 2 rings (SSSR count). The first-order valence-electron chi connectivity index (χ1n) is 6.84. The summed E-state index contributed by atoms with van der Waals surface area (Å²) >= 11 is 0. The number of hydrogen-bond donors (Lipinski definition) is 3. The number of β-amino-alcohol motifs (C(OH)–C–C–N with tert-alkyl or cyclic N) is 1. The van der Waals surface area contributed by atoms with E-state index >= 15 is 0 Å². The Bertz CT molecular complexity index is 284. The summed E-state index contributed by atoms with van der Waals surface area (Å²) in [7, 11) is 0. The Hall–Kier alpha value is -0.850. The predicted molar refractivity (Wildman–Crippen MR) is 72.6 cm³/mol. The van der Waals surface area contributed by atoms with Gasteiger partial charge in [-0.25, -0.2) is 0 Å². The van der Waals surface area contributed by atoms with Gasteiger partial charge in [-0.1, -0.05) is 0 Å². The molecule has 0 aliphatic carbocycles. The van der Waals surface area contributed by atoms with Gasteiger partial charge in [0.2, 0.25) is 0 Å². The molecule has 0 saturated carbocycles. The first kappa shape index (κ1) is 13.6. The lowest BCUT2D eigenvalue weighted by atomic mass is 10.2. The van der Waals surface area contributed by atoms with Crippen LogP contribution in [0.4, 0.5) is 0 Å². The van der Waals surface area contributed by atoms with Crippen LogP contribution in [0.2, 0.25) is 0 Å². The van der Waals surface area contributed by atoms with Gasteiger partial charge < -0.3 is 21.1 Å². The lowest BCUT2D eigenvalue weighted by Gasteiger charge is -2.35. The van der Waals surface area contributed by atoms with Gasteiger partial charge in [0.25, 0.3) is 0 Å². The third-order valence-electron chi connectivity index (χ3n) is 3.58. The number of nitrogens with zero attached hydrogens (tertiary/aromatic N) is 3. The average Bonchev–Trinajstić information content (AvgIpc) is 3.14. The summed E-state index contributed by atoms with van der Waals surface area (Å²) in [4.78, 5) is 8.96. The summed E-state index contributed by atoms with van der Waals surface area (Å²) in [5.74, 6) is 0.673. The molecule has 0 aromatic heterocycles. The van der Waals surface area contributed by atoms with Crippen LogP contribution in [-0.4, -0.2) is 78.8 Å². The van der Waals surface area contributed by atoms with Crippen molar-refractivity contribution < 1.29 is 5.11 Å². The van der Waals surface area contributed by atoms with Crippen molar-refractivity contribution in [2.24, 2.45) is 10.7 Å². The molecule has 2 atom stereocenters. The van der Waals surface area contributed by atoms with E-state index in [-0.39, 0.29) is 6.61 Å². The zero-order valence-electron chi connectivity index (χ0n) is 11.2. The highest BCUT2D eigenvalue weighted by Crippen LogP contribution is 2.10. The standard InChI is InChI=1S/C12H25N5O/c1-10(8-11-9-14-11)15-12(13)17-4-2-16(3-5-17)6-7-18/h10-11,14,18H,2-9H2,1H3,(H2,13,15)/t10-,11?/m1/s1. The van der Waals surface area contributed by atoms with Gasteiger partial charge in [0, 0.05) is 45.3 Å². The number of rotatable bonds is 5. The Morgan fingerprint density at radius 2 is 2.11 bits per heavy atom. The van der Waals surface area contributed by atoms with Crippen molar-refractivity contribution in [3.63, 3.8) is 0 Å². The molecule has 104 valence electrons. The van der Waals surface area contributed by atoms with Crippen molar-refractivity contribution in [2.45, 2.75) is 25.4 Å². The number of guanidine groups is 1. The maximum absolute atomic E-state index is 8.89. The molecule has 0 amide bonds. The molecule has 6 nitrogen and oxygen atoms in total. The van der Waals surface area contributed by atoms with E-state index in [0.29, 0.717) is 18.0 Å². The highest BCUT2D eigenvalue weighted by molar-refractivity contribution is 5.78. The fourth-order valence-electron chi connectivity index (χ4n) is 2.36. The van der Waals surface area contributed by atoms with Crippen LogP contribution < -0.4 is 11.1 Å². The monoisotopic (exact) mass is 255 g/mol. The lowest BCUT2D eigenvalue weighted by Crippen LogP contribution is -2.51. The number of aliphatic hydroxyl groups is 1. The molecule has 2 aliphatic heterocycles. The first-order valence-corrected chi connectivity index (χ1v) is 6.84. The molecule has 4 N–H and O–H groups in total. The molecule has 18 heavy (non-hydrogen) atoms. The Labute approximate surface area is 109 Å². The molecule has 2 fully saturated rings. The minimum Gasteiger partial charge on any atom is -0.395 e. The van der Waals surface area contributed by atoms with Gasteiger partial charge in [-0.15, -0.1) is 0 Å². The summed E-state index contributed by atoms with van der Waals surface area (Å²) in [6.45, 7) is 7.95. The van der Waals surface area contributed by atoms with Crippen LogP contribution in [0.25, 0.3) is 0 Å². The maximum Gasteiger partial charge on any atom is 0.191 e. The van der Waals surface area contributed by atoms with E-state index in [9.17, 15) is 0 Å². The number of hydrogen-bond acceptors (Lipinski definition) is 4. The van der Waals surface area contributed by atoms with Crippen LogP contribution in [0.15, 0.2) is 4.99 Å². The topological polar surface area (TPSA) is 87.0 Å². The largest absolute Gasteiger partial charge is 0.395 e. The van der Waals surface area contributed by atoms with E-state index in [4.69, 9.17) is 10.8 Å². The smallest absolute Gasteiger partial charge is 0.191 e. The minimum atomic E-state index is 0.231. The zero-order chi connectivity index (χ0) is 13.0. The van der Waals surface area contributed by atoms with Gasteiger partial charge >= 0.3 is 0 Å². The van der Waals surface area contributed by atoms with Crippen LogP contribution in [-0.2, 0) is 0 Å². The Balaban J connectivity index is 1.74. The number of aliphatic imine (C=N–C) groups is 1. The molecule has 0 aromatic carbocycles. The summed E-state index contributed by atoms with van der Waals surface area (Å²) < 4.78 is 0. The number of nitrogens with one attached hydrogen (secondary N) is 1. The van der Waals surface area contributed by atoms with E-state index in [2.05, 4.69) is 27.0 Å². The van der Waals surface area contributed by atoms with Crippen LogP contribution in [0, 0.1) is 0 Å². The van der Waals surface area contributed by atoms with Gasteiger partial charge in [-0.05, 0) is 13.3 Å². The number of aliphatic hydroxyl groups excluding tert-OH is 1. The molecule has 2 aliphatic rings. The highest BCUT2D eigenvalue weighted by atomic mass is 16.3. The summed E-state index contributed by atoms with van der Waals surface area (Å²) in [6.07, 6.45) is 1.07. The molecule has 1 unspecified atom stereocenters. The molecule has 0 aromatic rings. The van der Waals surface area contributed by atoms with E-state index in [1.165, 1.54) is 0 Å². The minimum absolute atomic E-state index is 0.231. The van der Waals surface area contributed by atoms with Gasteiger partial charge in [-0.2, -0.15) is 0 Å². The van der Waals surface area contributed by atoms with Crippen molar-refractivity contribution in [2.75, 3.05) is 45.9 Å². The summed E-state index contributed by atoms with van der Waals surface area (Å²) in [5, 5.41) is 12.2. The van der Waals surface area contributed by atoms with Crippen molar-refractivity contribution in [3.8, 4) is 0 Å². The number of nitrogens with two attached hydrogens (primary N) is 1. The molecular weight excluding hydrogens is 230 g/mol. The van der Waals surface area contributed by atoms with Gasteiger partial charge in [0.15, 0.2) is 5.96 Å². The van der Waals surface area contributed by atoms with Crippen LogP contribution in [0.5, 0.6) is 0 Å². The van der Waals surface area contributed by atoms with Crippen LogP contribution >= 0.6 is 0 Å². The second-order valence-corrected chi connectivity index (χ2v) is 5.23. The molecule has 6 heteroatoms. The van der Waals surface area contributed by atoms with Crippen molar-refractivity contribution in [3.05, 3.63) is 0 Å². The lowest BCUT2D eigenvalue weighted by molar-refractivity contribution is 0.146. The van der Waals surface area contributed by atoms with Crippen molar-refractivity contribution in [1.82, 2.24) is 15.1 Å². The molecule has 0 spiro atoms. The van der Waals surface area contributed by atoms with Crippen LogP contribution in [0.3, 0.4) is 0 Å². The Morgan fingerprint density at radius 1 is 1.44 bits per heavy atom. The average molecular weight is 255 g/mol. The van der Waals surface area contributed by atoms with Crippen LogP contribution in [0.1, 0.15) is 13.3 Å². The Kier molecular flexibility index (Phi) is 4.79. The van der Waals surface area contributed by atoms with E-state index < -0.39 is 0 Å². The SMILES string of the molecule is C[C@H](CC1CN1)N=C(N)N1CCN(CCO)CC1. The normalized spacial score (nSPS) is 27.3. The first-order chi connectivity index (χ1) is 8.69. The molecule has 2 heterocycles. The third kappa shape index (κ3) is 4.12. The van der Waals surface area contributed by atoms with Gasteiger partial charge in [0.1, 0.15) is 0 Å². The van der Waals surface area contributed by atoms with E-state index in [0.717, 1.165) is 45.7 Å². The molecule has 0 bridgehead atoms. The van der Waals surface area contributed by atoms with Crippen molar-refractivity contribution >= 4 is 5.96 Å². The van der Waals surface area contributed by atoms with E-state index in [1.807, 2.05) is 0 Å². The summed E-state index contributed by atoms with van der Waals surface area (Å²) in [6, 6.07) is 0.943. The van der Waals surface area contributed by atoms with Crippen molar-refractivity contribution in [1.29, 1.82) is 0 Å². The Morgan fingerprint density at radius 3 is 2.67 bits per heavy atom. The second-order valence-electron chi connectivity index (χ2n) is 5.23.